The summed E-state index contributed by atoms with van der Waals surface area (Å²) in [5.74, 6) is -1.14. The number of likely N-dealkylation sites (tertiary alicyclic amines) is 1. The molecule has 0 unspecified atom stereocenters. The summed E-state index contributed by atoms with van der Waals surface area (Å²) in [7, 11) is 1.50. The van der Waals surface area contributed by atoms with E-state index in [9.17, 15) is 14.4 Å². The van der Waals surface area contributed by atoms with Crippen molar-refractivity contribution in [2.45, 2.75) is 55.5 Å². The number of nitrogens with two attached hydrogens (primary N) is 1. The quantitative estimate of drug-likeness (QED) is 0.583. The van der Waals surface area contributed by atoms with E-state index in [0.29, 0.717) is 21.9 Å². The number of fused-ring (bicyclic) bond motifs is 1. The van der Waals surface area contributed by atoms with Crippen molar-refractivity contribution >= 4 is 40.5 Å². The number of methoxy groups -OCH3 is 1. The summed E-state index contributed by atoms with van der Waals surface area (Å²) in [6, 6.07) is 2.90. The molecule has 2 saturated heterocycles. The monoisotopic (exact) mass is 518 g/mol. The minimum Gasteiger partial charge on any atom is -0.480 e. The lowest BCUT2D eigenvalue weighted by Crippen LogP contribution is -2.46. The van der Waals surface area contributed by atoms with Gasteiger partial charge < -0.3 is 20.1 Å². The Kier molecular flexibility index (Phi) is 6.78. The van der Waals surface area contributed by atoms with Gasteiger partial charge in [-0.3, -0.25) is 14.4 Å². The number of nitrogens with zero attached hydrogens (tertiary/aromatic N) is 3. The minimum atomic E-state index is -0.681. The lowest BCUT2D eigenvalue weighted by Gasteiger charge is -2.34. The summed E-state index contributed by atoms with van der Waals surface area (Å²) in [6.07, 6.45) is 5.94. The molecule has 4 heterocycles. The highest BCUT2D eigenvalue weighted by Gasteiger charge is 2.53. The van der Waals surface area contributed by atoms with Gasteiger partial charge in [0.05, 0.1) is 29.5 Å². The summed E-state index contributed by atoms with van der Waals surface area (Å²) in [4.78, 5) is 42.0. The number of rotatable bonds is 6. The number of Topliss-reactive ketones (excluding diaryl/α,β-unsaturated/α-hetero) is 1. The fourth-order valence-corrected chi connectivity index (χ4v) is 7.01. The van der Waals surface area contributed by atoms with Crippen LogP contribution in [-0.4, -0.2) is 70.5 Å². The summed E-state index contributed by atoms with van der Waals surface area (Å²) in [5.41, 5.74) is 7.13. The molecule has 0 bridgehead atoms. The lowest BCUT2D eigenvalue weighted by atomic mass is 9.75. The normalized spacial score (nSPS) is 25.5. The van der Waals surface area contributed by atoms with E-state index < -0.39 is 29.3 Å². The van der Waals surface area contributed by atoms with Gasteiger partial charge in [0.25, 0.3) is 5.91 Å². The first-order chi connectivity index (χ1) is 16.9. The molecule has 35 heavy (non-hydrogen) atoms. The zero-order valence-corrected chi connectivity index (χ0v) is 20.9. The van der Waals surface area contributed by atoms with Crippen molar-refractivity contribution in [1.82, 2.24) is 15.1 Å². The van der Waals surface area contributed by atoms with Crippen LogP contribution in [0, 0.1) is 5.92 Å². The van der Waals surface area contributed by atoms with Crippen LogP contribution in [0.4, 0.5) is 0 Å². The molecule has 3 aliphatic rings. The number of hydrogen-bond acceptors (Lipinski definition) is 8. The average Bonchev–Trinajstić information content (AvgIpc) is 3.56. The maximum absolute atomic E-state index is 14.2. The fraction of sp³-hybridized carbons (Fsp3) is 0.542. The van der Waals surface area contributed by atoms with E-state index >= 15 is 0 Å². The first-order valence-electron chi connectivity index (χ1n) is 11.8. The highest BCUT2D eigenvalue weighted by Crippen LogP contribution is 2.45. The number of alkyl halides is 1. The standard InChI is InChI=1S/C24H27ClN4O5S/c1-33-18-7-13(9-27-28-18)17-8-14(22(35-17)23(26)31)19(12-5-3-2-4-6-12)24(32)29-10-15(25)21-20(29)16(30)11-34-21/h7-9,12,15,19-21H,2-6,10-11H2,1H3,(H2,26,31)/t15-,19-,20+,21+/m0/s1. The van der Waals surface area contributed by atoms with E-state index in [1.807, 2.05) is 6.07 Å². The smallest absolute Gasteiger partial charge is 0.259 e. The van der Waals surface area contributed by atoms with E-state index in [4.69, 9.17) is 26.8 Å². The molecule has 2 amide bonds. The number of hydrogen-bond donors (Lipinski definition) is 1. The van der Waals surface area contributed by atoms with E-state index in [1.165, 1.54) is 18.4 Å². The Morgan fingerprint density at radius 2 is 2.06 bits per heavy atom. The second-order valence-corrected chi connectivity index (χ2v) is 10.9. The van der Waals surface area contributed by atoms with Gasteiger partial charge in [-0.25, -0.2) is 0 Å². The van der Waals surface area contributed by atoms with Crippen molar-refractivity contribution in [3.8, 4) is 16.3 Å². The van der Waals surface area contributed by atoms with Crippen molar-refractivity contribution in [2.75, 3.05) is 20.3 Å². The van der Waals surface area contributed by atoms with E-state index in [-0.39, 0.29) is 30.8 Å². The topological polar surface area (TPSA) is 125 Å². The van der Waals surface area contributed by atoms with Crippen LogP contribution in [0.3, 0.4) is 0 Å². The number of carbonyl (C=O) groups is 3. The molecule has 2 aromatic rings. The Labute approximate surface area is 211 Å². The van der Waals surface area contributed by atoms with Crippen LogP contribution >= 0.6 is 22.9 Å². The number of thiophene rings is 1. The third-order valence-electron chi connectivity index (χ3n) is 7.24. The van der Waals surface area contributed by atoms with Crippen LogP contribution in [0.1, 0.15) is 53.3 Å². The predicted octanol–water partition coefficient (Wildman–Crippen LogP) is 2.76. The van der Waals surface area contributed by atoms with E-state index in [0.717, 1.165) is 37.0 Å². The van der Waals surface area contributed by atoms with E-state index in [1.54, 1.807) is 17.2 Å². The maximum atomic E-state index is 14.2. The first-order valence-corrected chi connectivity index (χ1v) is 13.0. The Hall–Kier alpha value is -2.56. The fourth-order valence-electron chi connectivity index (χ4n) is 5.61. The molecule has 3 fully saturated rings. The molecular weight excluding hydrogens is 492 g/mol. The molecule has 11 heteroatoms. The Bertz CT molecular complexity index is 1150. The summed E-state index contributed by atoms with van der Waals surface area (Å²) in [5, 5.41) is 7.43. The van der Waals surface area contributed by atoms with Gasteiger partial charge in [0.15, 0.2) is 5.78 Å². The molecule has 0 aromatic carbocycles. The highest BCUT2D eigenvalue weighted by molar-refractivity contribution is 7.17. The molecule has 186 valence electrons. The van der Waals surface area contributed by atoms with Gasteiger partial charge in [-0.1, -0.05) is 19.3 Å². The first kappa shape index (κ1) is 24.1. The molecule has 5 rings (SSSR count). The van der Waals surface area contributed by atoms with Crippen molar-refractivity contribution in [2.24, 2.45) is 11.7 Å². The minimum absolute atomic E-state index is 0.0344. The zero-order chi connectivity index (χ0) is 24.7. The molecule has 2 N–H and O–H groups in total. The van der Waals surface area contributed by atoms with Gasteiger partial charge in [-0.15, -0.1) is 28.0 Å². The Balaban J connectivity index is 1.58. The van der Waals surface area contributed by atoms with Crippen LogP contribution in [0.15, 0.2) is 18.3 Å². The largest absolute Gasteiger partial charge is 0.480 e. The number of primary amides is 1. The zero-order valence-electron chi connectivity index (χ0n) is 19.3. The van der Waals surface area contributed by atoms with Gasteiger partial charge in [0.1, 0.15) is 18.8 Å². The predicted molar refractivity (Wildman–Crippen MR) is 130 cm³/mol. The molecule has 1 saturated carbocycles. The molecule has 2 aliphatic heterocycles. The number of ether oxygens (including phenoxy) is 2. The van der Waals surface area contributed by atoms with Crippen LogP contribution in [0.5, 0.6) is 5.88 Å². The van der Waals surface area contributed by atoms with Gasteiger partial charge in [-0.2, -0.15) is 5.10 Å². The van der Waals surface area contributed by atoms with E-state index in [2.05, 4.69) is 10.2 Å². The number of carbonyl (C=O) groups excluding carboxylic acids is 3. The number of halogens is 1. The van der Waals surface area contributed by atoms with Crippen molar-refractivity contribution in [1.29, 1.82) is 0 Å². The second-order valence-electron chi connectivity index (χ2n) is 9.32. The average molecular weight is 519 g/mol. The number of amides is 2. The molecule has 4 atom stereocenters. The number of ketones is 1. The van der Waals surface area contributed by atoms with Gasteiger partial charge in [0.2, 0.25) is 11.8 Å². The third kappa shape index (κ3) is 4.43. The molecule has 0 spiro atoms. The van der Waals surface area contributed by atoms with Crippen LogP contribution in [-0.2, 0) is 14.3 Å². The van der Waals surface area contributed by atoms with Crippen LogP contribution in [0.2, 0.25) is 0 Å². The second kappa shape index (κ2) is 9.83. The highest BCUT2D eigenvalue weighted by atomic mass is 35.5. The van der Waals surface area contributed by atoms with Gasteiger partial charge in [0, 0.05) is 23.1 Å². The van der Waals surface area contributed by atoms with Crippen LogP contribution < -0.4 is 10.5 Å². The molecule has 0 radical (unpaired) electrons. The third-order valence-corrected chi connectivity index (χ3v) is 8.84. The van der Waals surface area contributed by atoms with Gasteiger partial charge in [-0.05, 0) is 30.4 Å². The SMILES string of the molecule is COc1cc(-c2cc([C@@H](C(=O)N3C[C@H](Cl)[C@H]4OCC(=O)[C@H]43)C3CCCCC3)c(C(N)=O)s2)cnn1. The van der Waals surface area contributed by atoms with Crippen molar-refractivity contribution in [3.63, 3.8) is 0 Å². The van der Waals surface area contributed by atoms with Crippen molar-refractivity contribution in [3.05, 3.63) is 28.8 Å². The van der Waals surface area contributed by atoms with Crippen molar-refractivity contribution < 1.29 is 23.9 Å². The van der Waals surface area contributed by atoms with Crippen LogP contribution in [0.25, 0.3) is 10.4 Å². The van der Waals surface area contributed by atoms with Gasteiger partial charge >= 0.3 is 0 Å². The molecule has 2 aromatic heterocycles. The lowest BCUT2D eigenvalue weighted by molar-refractivity contribution is -0.139. The Morgan fingerprint density at radius 1 is 1.29 bits per heavy atom. The summed E-state index contributed by atoms with van der Waals surface area (Å²) < 4.78 is 10.8. The Morgan fingerprint density at radius 3 is 2.77 bits per heavy atom. The maximum Gasteiger partial charge on any atom is 0.259 e. The molecule has 9 nitrogen and oxygen atoms in total. The number of aromatic nitrogens is 2. The molecule has 1 aliphatic carbocycles. The summed E-state index contributed by atoms with van der Waals surface area (Å²) >= 11 is 7.71. The molecular formula is C24H27ClN4O5S. The summed E-state index contributed by atoms with van der Waals surface area (Å²) in [6.45, 7) is 0.196.